The summed E-state index contributed by atoms with van der Waals surface area (Å²) in [6, 6.07) is 9.72. The van der Waals surface area contributed by atoms with Gasteiger partial charge < -0.3 is 4.90 Å². The molecule has 1 aromatic rings. The third-order valence-corrected chi connectivity index (χ3v) is 6.19. The number of hydrogen-bond acceptors (Lipinski definition) is 4. The minimum atomic E-state index is 0.0151. The van der Waals surface area contributed by atoms with Crippen molar-refractivity contribution < 1.29 is 9.59 Å². The third-order valence-electron chi connectivity index (χ3n) is 3.52. The Labute approximate surface area is 126 Å². The Hall–Kier alpha value is -1.14. The summed E-state index contributed by atoms with van der Waals surface area (Å²) in [4.78, 5) is 27.8. The molecular formula is C14H16N2O2S2. The van der Waals surface area contributed by atoms with E-state index in [1.165, 1.54) is 0 Å². The van der Waals surface area contributed by atoms with Gasteiger partial charge in [-0.3, -0.25) is 14.5 Å². The first-order chi connectivity index (χ1) is 9.72. The van der Waals surface area contributed by atoms with Crippen LogP contribution in [0.15, 0.2) is 30.3 Å². The molecule has 1 aromatic carbocycles. The van der Waals surface area contributed by atoms with Gasteiger partial charge >= 0.3 is 0 Å². The maximum atomic E-state index is 12.2. The summed E-state index contributed by atoms with van der Waals surface area (Å²) >= 11 is 3.28. The highest BCUT2D eigenvalue weighted by Gasteiger charge is 2.44. The fourth-order valence-corrected chi connectivity index (χ4v) is 5.43. The van der Waals surface area contributed by atoms with Crippen LogP contribution in [0.4, 0.5) is 5.69 Å². The highest BCUT2D eigenvalue weighted by Crippen LogP contribution is 2.40. The highest BCUT2D eigenvalue weighted by atomic mass is 32.2. The lowest BCUT2D eigenvalue weighted by Crippen LogP contribution is -2.46. The number of carbonyl (C=O) groups is 2. The van der Waals surface area contributed by atoms with Crippen LogP contribution in [-0.2, 0) is 9.59 Å². The molecule has 6 heteroatoms. The number of likely N-dealkylation sites (N-methyl/N-ethyl adjacent to an activating group) is 1. The van der Waals surface area contributed by atoms with Gasteiger partial charge in [0, 0.05) is 12.2 Å². The van der Waals surface area contributed by atoms with Gasteiger partial charge in [-0.15, -0.1) is 23.5 Å². The minimum absolute atomic E-state index is 0.0151. The molecule has 2 amide bonds. The molecule has 2 heterocycles. The maximum Gasteiger partial charge on any atom is 0.238 e. The summed E-state index contributed by atoms with van der Waals surface area (Å²) in [7, 11) is 0. The molecule has 0 radical (unpaired) electrons. The van der Waals surface area contributed by atoms with Crippen LogP contribution < -0.4 is 4.90 Å². The topological polar surface area (TPSA) is 40.6 Å². The second kappa shape index (κ2) is 5.69. The van der Waals surface area contributed by atoms with Crippen LogP contribution in [-0.4, -0.2) is 45.5 Å². The van der Waals surface area contributed by atoms with Crippen LogP contribution >= 0.6 is 23.5 Å². The average Bonchev–Trinajstić information content (AvgIpc) is 3.02. The van der Waals surface area contributed by atoms with Gasteiger partial charge in [-0.25, -0.2) is 0 Å². The lowest BCUT2D eigenvalue weighted by molar-refractivity contribution is -0.128. The van der Waals surface area contributed by atoms with E-state index in [4.69, 9.17) is 0 Å². The number of rotatable bonds is 3. The third kappa shape index (κ3) is 2.31. The molecule has 2 fully saturated rings. The first-order valence-corrected chi connectivity index (χ1v) is 8.72. The van der Waals surface area contributed by atoms with Crippen molar-refractivity contribution in [1.29, 1.82) is 0 Å². The normalized spacial score (nSPS) is 26.6. The van der Waals surface area contributed by atoms with Crippen molar-refractivity contribution in [3.8, 4) is 0 Å². The lowest BCUT2D eigenvalue weighted by atomic mass is 10.2. The number of thioether (sulfide) groups is 2. The second-order valence-electron chi connectivity index (χ2n) is 4.68. The number of amides is 2. The van der Waals surface area contributed by atoms with Gasteiger partial charge in [0.15, 0.2) is 0 Å². The van der Waals surface area contributed by atoms with E-state index in [0.717, 1.165) is 5.69 Å². The molecule has 0 aliphatic carbocycles. The van der Waals surface area contributed by atoms with Gasteiger partial charge in [-0.1, -0.05) is 18.2 Å². The fraction of sp³-hybridized carbons (Fsp3) is 0.429. The molecule has 0 aromatic heterocycles. The summed E-state index contributed by atoms with van der Waals surface area (Å²) in [6.45, 7) is 2.69. The zero-order valence-corrected chi connectivity index (χ0v) is 12.8. The van der Waals surface area contributed by atoms with Crippen molar-refractivity contribution in [2.75, 3.05) is 23.0 Å². The minimum Gasteiger partial charge on any atom is -0.327 e. The number of nitrogens with zero attached hydrogens (tertiary/aromatic N) is 2. The van der Waals surface area contributed by atoms with E-state index < -0.39 is 0 Å². The maximum absolute atomic E-state index is 12.2. The Balaban J connectivity index is 1.89. The van der Waals surface area contributed by atoms with Crippen molar-refractivity contribution in [1.82, 2.24) is 4.90 Å². The van der Waals surface area contributed by atoms with Gasteiger partial charge in [0.2, 0.25) is 11.8 Å². The summed E-state index contributed by atoms with van der Waals surface area (Å²) in [5, 5.41) is 0.0745. The molecule has 0 bridgehead atoms. The van der Waals surface area contributed by atoms with Crippen LogP contribution in [0.25, 0.3) is 0 Å². The summed E-state index contributed by atoms with van der Waals surface area (Å²) < 4.78 is 0. The van der Waals surface area contributed by atoms with Gasteiger partial charge in [-0.2, -0.15) is 0 Å². The Morgan fingerprint density at radius 3 is 2.40 bits per heavy atom. The van der Waals surface area contributed by atoms with E-state index >= 15 is 0 Å². The molecule has 2 unspecified atom stereocenters. The number of benzene rings is 1. The van der Waals surface area contributed by atoms with Gasteiger partial charge in [0.1, 0.15) is 10.7 Å². The van der Waals surface area contributed by atoms with Crippen LogP contribution in [0.1, 0.15) is 6.92 Å². The number of para-hydroxylation sites is 1. The van der Waals surface area contributed by atoms with E-state index in [2.05, 4.69) is 0 Å². The zero-order valence-electron chi connectivity index (χ0n) is 11.2. The predicted octanol–water partition coefficient (Wildman–Crippen LogP) is 2.01. The van der Waals surface area contributed by atoms with E-state index in [-0.39, 0.29) is 22.6 Å². The van der Waals surface area contributed by atoms with Crippen molar-refractivity contribution in [3.05, 3.63) is 30.3 Å². The standard InChI is InChI=1S/C14H16N2O2S2/c1-2-15-11(17)8-19-13(15)14-16(12(18)9-20-14)10-6-4-3-5-7-10/h3-7,13-14H,2,8-9H2,1H3. The molecule has 2 atom stereocenters. The van der Waals surface area contributed by atoms with E-state index in [1.54, 1.807) is 23.5 Å². The van der Waals surface area contributed by atoms with Crippen LogP contribution in [0.5, 0.6) is 0 Å². The first-order valence-electron chi connectivity index (χ1n) is 6.62. The molecule has 20 heavy (non-hydrogen) atoms. The smallest absolute Gasteiger partial charge is 0.238 e. The van der Waals surface area contributed by atoms with Crippen LogP contribution in [0.2, 0.25) is 0 Å². The van der Waals surface area contributed by atoms with E-state index in [0.29, 0.717) is 18.1 Å². The van der Waals surface area contributed by atoms with Crippen molar-refractivity contribution in [3.63, 3.8) is 0 Å². The van der Waals surface area contributed by atoms with E-state index in [9.17, 15) is 9.59 Å². The largest absolute Gasteiger partial charge is 0.327 e. The molecule has 2 saturated heterocycles. The molecule has 106 valence electrons. The van der Waals surface area contributed by atoms with Crippen LogP contribution in [0, 0.1) is 0 Å². The molecule has 0 N–H and O–H groups in total. The van der Waals surface area contributed by atoms with Crippen molar-refractivity contribution in [2.24, 2.45) is 0 Å². The predicted molar refractivity (Wildman–Crippen MR) is 83.8 cm³/mol. The molecule has 2 aliphatic heterocycles. The van der Waals surface area contributed by atoms with Crippen molar-refractivity contribution in [2.45, 2.75) is 17.7 Å². The fourth-order valence-electron chi connectivity index (χ4n) is 2.60. The number of carbonyl (C=O) groups excluding carboxylic acids is 2. The zero-order chi connectivity index (χ0) is 14.1. The quantitative estimate of drug-likeness (QED) is 0.856. The highest BCUT2D eigenvalue weighted by molar-refractivity contribution is 8.05. The van der Waals surface area contributed by atoms with E-state index in [1.807, 2.05) is 47.1 Å². The number of anilines is 1. The Bertz CT molecular complexity index is 523. The molecular weight excluding hydrogens is 292 g/mol. The van der Waals surface area contributed by atoms with Gasteiger partial charge in [0.05, 0.1) is 11.5 Å². The monoisotopic (exact) mass is 308 g/mol. The molecule has 2 aliphatic rings. The average molecular weight is 308 g/mol. The number of hydrogen-bond donors (Lipinski definition) is 0. The van der Waals surface area contributed by atoms with Gasteiger partial charge in [0.25, 0.3) is 0 Å². The second-order valence-corrected chi connectivity index (χ2v) is 6.89. The molecule has 0 saturated carbocycles. The van der Waals surface area contributed by atoms with Crippen molar-refractivity contribution >= 4 is 41.0 Å². The SMILES string of the molecule is CCN1C(=O)CSC1C1SCC(=O)N1c1ccccc1. The summed E-state index contributed by atoms with van der Waals surface area (Å²) in [6.07, 6.45) is 0. The first kappa shape index (κ1) is 13.8. The van der Waals surface area contributed by atoms with Gasteiger partial charge in [-0.05, 0) is 19.1 Å². The summed E-state index contributed by atoms with van der Waals surface area (Å²) in [5.74, 6) is 1.31. The molecule has 4 nitrogen and oxygen atoms in total. The Kier molecular flexibility index (Phi) is 3.94. The lowest BCUT2D eigenvalue weighted by Gasteiger charge is -2.32. The molecule has 3 rings (SSSR count). The Morgan fingerprint density at radius 1 is 1.05 bits per heavy atom. The van der Waals surface area contributed by atoms with Crippen LogP contribution in [0.3, 0.4) is 0 Å². The molecule has 0 spiro atoms. The summed E-state index contributed by atoms with van der Waals surface area (Å²) in [5.41, 5.74) is 0.920. The Morgan fingerprint density at radius 2 is 1.70 bits per heavy atom.